The average Bonchev–Trinajstić information content (AvgIpc) is 2.66. The Bertz CT molecular complexity index is 919. The lowest BCUT2D eigenvalue weighted by molar-refractivity contribution is 0.262. The van der Waals surface area contributed by atoms with Crippen LogP contribution in [0.2, 0.25) is 0 Å². The number of aromatic nitrogens is 2. The van der Waals surface area contributed by atoms with Crippen molar-refractivity contribution in [1.29, 1.82) is 0 Å². The van der Waals surface area contributed by atoms with Gasteiger partial charge in [-0.15, -0.1) is 0 Å². The van der Waals surface area contributed by atoms with E-state index in [1.165, 1.54) is 0 Å². The fourth-order valence-electron chi connectivity index (χ4n) is 2.72. The third-order valence-corrected chi connectivity index (χ3v) is 4.09. The molecule has 0 fully saturated rings. The topological polar surface area (TPSA) is 76.1 Å². The monoisotopic (exact) mass is 362 g/mol. The van der Waals surface area contributed by atoms with Crippen molar-refractivity contribution in [3.63, 3.8) is 0 Å². The highest BCUT2D eigenvalue weighted by atomic mass is 16.5. The molecular weight excluding hydrogens is 340 g/mol. The van der Waals surface area contributed by atoms with Crippen LogP contribution in [0.15, 0.2) is 54.6 Å². The summed E-state index contributed by atoms with van der Waals surface area (Å²) >= 11 is 0. The number of hydrogen-bond donors (Lipinski definition) is 2. The number of nitrogens with zero attached hydrogens (tertiary/aromatic N) is 2. The van der Waals surface area contributed by atoms with E-state index >= 15 is 0 Å². The Labute approximate surface area is 158 Å². The SMILES string of the molecule is CCc1ccccc1NC(=O)Nc1c(C)nc(Oc2ccccc2)nc1C. The molecule has 0 aliphatic heterocycles. The molecule has 3 rings (SSSR count). The summed E-state index contributed by atoms with van der Waals surface area (Å²) in [5.41, 5.74) is 3.70. The molecule has 2 amide bonds. The van der Waals surface area contributed by atoms with Crippen LogP contribution in [0.1, 0.15) is 23.9 Å². The van der Waals surface area contributed by atoms with Crippen LogP contribution in [-0.2, 0) is 6.42 Å². The summed E-state index contributed by atoms with van der Waals surface area (Å²) in [6, 6.07) is 17.0. The number of para-hydroxylation sites is 2. The van der Waals surface area contributed by atoms with Crippen LogP contribution >= 0.6 is 0 Å². The van der Waals surface area contributed by atoms with Gasteiger partial charge in [-0.2, -0.15) is 9.97 Å². The molecule has 0 saturated carbocycles. The van der Waals surface area contributed by atoms with Crippen molar-refractivity contribution in [1.82, 2.24) is 9.97 Å². The fraction of sp³-hybridized carbons (Fsp3) is 0.190. The highest BCUT2D eigenvalue weighted by molar-refractivity contribution is 6.00. The van der Waals surface area contributed by atoms with Gasteiger partial charge in [-0.05, 0) is 44.0 Å². The molecule has 27 heavy (non-hydrogen) atoms. The Balaban J connectivity index is 1.74. The van der Waals surface area contributed by atoms with Crippen molar-refractivity contribution in [3.05, 3.63) is 71.5 Å². The molecule has 6 nitrogen and oxygen atoms in total. The molecule has 0 bridgehead atoms. The second-order valence-corrected chi connectivity index (χ2v) is 6.06. The van der Waals surface area contributed by atoms with Crippen molar-refractivity contribution in [2.24, 2.45) is 0 Å². The molecule has 0 saturated heterocycles. The van der Waals surface area contributed by atoms with Gasteiger partial charge >= 0.3 is 12.0 Å². The van der Waals surface area contributed by atoms with Gasteiger partial charge in [0.1, 0.15) is 5.75 Å². The summed E-state index contributed by atoms with van der Waals surface area (Å²) in [6.07, 6.45) is 0.836. The van der Waals surface area contributed by atoms with Gasteiger partial charge < -0.3 is 15.4 Å². The zero-order valence-electron chi connectivity index (χ0n) is 15.6. The van der Waals surface area contributed by atoms with Gasteiger partial charge in [0, 0.05) is 5.69 Å². The molecule has 6 heteroatoms. The Morgan fingerprint density at radius 3 is 2.22 bits per heavy atom. The van der Waals surface area contributed by atoms with Gasteiger partial charge in [0.15, 0.2) is 0 Å². The summed E-state index contributed by atoms with van der Waals surface area (Å²) in [7, 11) is 0. The number of urea groups is 1. The van der Waals surface area contributed by atoms with Crippen molar-refractivity contribution >= 4 is 17.4 Å². The average molecular weight is 362 g/mol. The molecule has 0 atom stereocenters. The molecule has 138 valence electrons. The maximum Gasteiger partial charge on any atom is 0.323 e. The molecule has 0 spiro atoms. The predicted molar refractivity (Wildman–Crippen MR) is 106 cm³/mol. The van der Waals surface area contributed by atoms with Crippen molar-refractivity contribution in [2.45, 2.75) is 27.2 Å². The minimum Gasteiger partial charge on any atom is -0.424 e. The largest absolute Gasteiger partial charge is 0.424 e. The molecule has 0 aliphatic rings. The smallest absolute Gasteiger partial charge is 0.323 e. The first-order valence-electron chi connectivity index (χ1n) is 8.81. The number of carbonyl (C=O) groups is 1. The third-order valence-electron chi connectivity index (χ3n) is 4.09. The van der Waals surface area contributed by atoms with Gasteiger partial charge in [0.25, 0.3) is 0 Å². The number of benzene rings is 2. The van der Waals surface area contributed by atoms with Crippen molar-refractivity contribution in [2.75, 3.05) is 10.6 Å². The second kappa shape index (κ2) is 8.31. The van der Waals surface area contributed by atoms with Gasteiger partial charge in [-0.3, -0.25) is 0 Å². The minimum atomic E-state index is -0.331. The van der Waals surface area contributed by atoms with Crippen LogP contribution in [0.3, 0.4) is 0 Å². The third kappa shape index (κ3) is 4.61. The molecule has 0 radical (unpaired) electrons. The number of amides is 2. The molecule has 2 N–H and O–H groups in total. The molecule has 0 aliphatic carbocycles. The molecule has 2 aromatic carbocycles. The second-order valence-electron chi connectivity index (χ2n) is 6.06. The maximum absolute atomic E-state index is 12.4. The minimum absolute atomic E-state index is 0.249. The molecular formula is C21H22N4O2. The lowest BCUT2D eigenvalue weighted by atomic mass is 10.1. The summed E-state index contributed by atoms with van der Waals surface area (Å²) in [5.74, 6) is 0.658. The maximum atomic E-state index is 12.4. The number of nitrogens with one attached hydrogen (secondary N) is 2. The van der Waals surface area contributed by atoms with E-state index in [2.05, 4.69) is 20.6 Å². The van der Waals surface area contributed by atoms with Crippen LogP contribution in [0.5, 0.6) is 11.8 Å². The van der Waals surface area contributed by atoms with Crippen LogP contribution in [0.4, 0.5) is 16.2 Å². The number of anilines is 2. The van der Waals surface area contributed by atoms with Crippen LogP contribution in [0, 0.1) is 13.8 Å². The van der Waals surface area contributed by atoms with E-state index in [4.69, 9.17) is 4.74 Å². The Morgan fingerprint density at radius 2 is 1.56 bits per heavy atom. The number of ether oxygens (including phenoxy) is 1. The first-order chi connectivity index (χ1) is 13.1. The van der Waals surface area contributed by atoms with Crippen LogP contribution < -0.4 is 15.4 Å². The zero-order chi connectivity index (χ0) is 19.2. The molecule has 3 aromatic rings. The summed E-state index contributed by atoms with van der Waals surface area (Å²) < 4.78 is 5.68. The number of rotatable bonds is 5. The van der Waals surface area contributed by atoms with E-state index in [0.29, 0.717) is 22.8 Å². The number of aryl methyl sites for hydroxylation is 3. The fourth-order valence-corrected chi connectivity index (χ4v) is 2.72. The lowest BCUT2D eigenvalue weighted by Crippen LogP contribution is -2.22. The normalized spacial score (nSPS) is 10.3. The molecule has 0 unspecified atom stereocenters. The highest BCUT2D eigenvalue weighted by Gasteiger charge is 2.13. The van der Waals surface area contributed by atoms with E-state index in [-0.39, 0.29) is 12.0 Å². The molecule has 1 aromatic heterocycles. The van der Waals surface area contributed by atoms with E-state index in [1.807, 2.05) is 75.4 Å². The summed E-state index contributed by atoms with van der Waals surface area (Å²) in [6.45, 7) is 5.66. The first kappa shape index (κ1) is 18.4. The van der Waals surface area contributed by atoms with Gasteiger partial charge in [0.05, 0.1) is 17.1 Å². The number of hydrogen-bond acceptors (Lipinski definition) is 4. The van der Waals surface area contributed by atoms with E-state index in [1.54, 1.807) is 0 Å². The first-order valence-corrected chi connectivity index (χ1v) is 8.81. The van der Waals surface area contributed by atoms with E-state index < -0.39 is 0 Å². The van der Waals surface area contributed by atoms with Gasteiger partial charge in [-0.25, -0.2) is 4.79 Å². The van der Waals surface area contributed by atoms with Crippen molar-refractivity contribution < 1.29 is 9.53 Å². The summed E-state index contributed by atoms with van der Waals surface area (Å²) in [5, 5.41) is 5.72. The Kier molecular flexibility index (Phi) is 5.66. The Hall–Kier alpha value is -3.41. The van der Waals surface area contributed by atoms with E-state index in [0.717, 1.165) is 17.7 Å². The summed E-state index contributed by atoms with van der Waals surface area (Å²) in [4.78, 5) is 21.1. The predicted octanol–water partition coefficient (Wildman–Crippen LogP) is 5.09. The van der Waals surface area contributed by atoms with Crippen LogP contribution in [-0.4, -0.2) is 16.0 Å². The lowest BCUT2D eigenvalue weighted by Gasteiger charge is -2.14. The van der Waals surface area contributed by atoms with Gasteiger partial charge in [0.2, 0.25) is 0 Å². The highest BCUT2D eigenvalue weighted by Crippen LogP contribution is 2.23. The quantitative estimate of drug-likeness (QED) is 0.663. The Morgan fingerprint density at radius 1 is 0.926 bits per heavy atom. The van der Waals surface area contributed by atoms with Crippen LogP contribution in [0.25, 0.3) is 0 Å². The zero-order valence-corrected chi connectivity index (χ0v) is 15.6. The molecule has 1 heterocycles. The standard InChI is InChI=1S/C21H22N4O2/c1-4-16-10-8-9-13-18(16)24-20(26)25-19-14(2)22-21(23-15(19)3)27-17-11-6-5-7-12-17/h5-13H,4H2,1-3H3,(H2,24,25,26). The number of carbonyl (C=O) groups excluding carboxylic acids is 1. The van der Waals surface area contributed by atoms with Crippen molar-refractivity contribution in [3.8, 4) is 11.8 Å². The van der Waals surface area contributed by atoms with E-state index in [9.17, 15) is 4.79 Å². The van der Waals surface area contributed by atoms with Gasteiger partial charge in [-0.1, -0.05) is 43.3 Å².